The Labute approximate surface area is 145 Å². The highest BCUT2D eigenvalue weighted by atomic mass is 79.9. The molecule has 1 N–H and O–H groups in total. The average molecular weight is 483 g/mol. The van der Waals surface area contributed by atoms with E-state index in [1.54, 1.807) is 12.1 Å². The summed E-state index contributed by atoms with van der Waals surface area (Å²) >= 11 is 9.67. The number of ether oxygens (including phenoxy) is 1. The molecule has 0 aliphatic rings. The van der Waals surface area contributed by atoms with Crippen molar-refractivity contribution in [1.82, 2.24) is 0 Å². The van der Waals surface area contributed by atoms with Gasteiger partial charge in [0, 0.05) is 0 Å². The van der Waals surface area contributed by atoms with Crippen LogP contribution in [0.2, 0.25) is 0 Å². The number of carboxylic acid groups (broad SMARTS) is 1. The van der Waals surface area contributed by atoms with Gasteiger partial charge in [0.2, 0.25) is 0 Å². The van der Waals surface area contributed by atoms with Crippen LogP contribution in [0, 0.1) is 5.82 Å². The van der Waals surface area contributed by atoms with Gasteiger partial charge >= 0.3 is 5.97 Å². The third-order valence-electron chi connectivity index (χ3n) is 2.61. The number of halogens is 4. The van der Waals surface area contributed by atoms with Crippen LogP contribution in [0.5, 0.6) is 5.75 Å². The highest BCUT2D eigenvalue weighted by Gasteiger charge is 2.13. The van der Waals surface area contributed by atoms with Crippen molar-refractivity contribution in [2.24, 2.45) is 0 Å². The predicted octanol–water partition coefficient (Wildman–Crippen LogP) is 5.39. The van der Waals surface area contributed by atoms with Crippen molar-refractivity contribution >= 4 is 53.8 Å². The van der Waals surface area contributed by atoms with Gasteiger partial charge < -0.3 is 9.84 Å². The predicted molar refractivity (Wildman–Crippen MR) is 87.2 cm³/mol. The molecule has 0 fully saturated rings. The van der Waals surface area contributed by atoms with Gasteiger partial charge in [-0.2, -0.15) is 0 Å². The van der Waals surface area contributed by atoms with Crippen LogP contribution >= 0.6 is 47.8 Å². The molecule has 0 aliphatic carbocycles. The van der Waals surface area contributed by atoms with E-state index in [1.807, 2.05) is 0 Å². The normalized spacial score (nSPS) is 10.5. The average Bonchev–Trinajstić information content (AvgIpc) is 2.41. The minimum atomic E-state index is -1.02. The SMILES string of the molecule is O=C(O)c1cc(Br)c(OCc2ccc(F)c(Br)c2)c(Br)c1. The molecule has 21 heavy (non-hydrogen) atoms. The Morgan fingerprint density at radius 1 is 1.10 bits per heavy atom. The maximum atomic E-state index is 13.2. The van der Waals surface area contributed by atoms with E-state index in [4.69, 9.17) is 9.84 Å². The van der Waals surface area contributed by atoms with Crippen LogP contribution in [0.4, 0.5) is 4.39 Å². The number of rotatable bonds is 4. The maximum Gasteiger partial charge on any atom is 0.335 e. The lowest BCUT2D eigenvalue weighted by Gasteiger charge is -2.11. The molecule has 0 radical (unpaired) electrons. The van der Waals surface area contributed by atoms with E-state index in [9.17, 15) is 9.18 Å². The van der Waals surface area contributed by atoms with Crippen molar-refractivity contribution in [2.75, 3.05) is 0 Å². The van der Waals surface area contributed by atoms with Crippen LogP contribution in [0.25, 0.3) is 0 Å². The van der Waals surface area contributed by atoms with E-state index in [-0.39, 0.29) is 18.0 Å². The molecule has 2 aromatic rings. The second-order valence-electron chi connectivity index (χ2n) is 4.11. The third-order valence-corrected chi connectivity index (χ3v) is 4.40. The number of hydrogen-bond acceptors (Lipinski definition) is 2. The molecule has 0 aliphatic heterocycles. The molecule has 2 rings (SSSR count). The zero-order valence-electron chi connectivity index (χ0n) is 10.4. The largest absolute Gasteiger partial charge is 0.487 e. The number of benzene rings is 2. The molecule has 0 heterocycles. The fraction of sp³-hybridized carbons (Fsp3) is 0.0714. The first kappa shape index (κ1) is 16.5. The molecule has 0 aromatic heterocycles. The maximum absolute atomic E-state index is 13.2. The Hall–Kier alpha value is -0.920. The lowest BCUT2D eigenvalue weighted by Crippen LogP contribution is -2.01. The second kappa shape index (κ2) is 6.89. The lowest BCUT2D eigenvalue weighted by molar-refractivity contribution is 0.0696. The summed E-state index contributed by atoms with van der Waals surface area (Å²) in [4.78, 5) is 10.9. The van der Waals surface area contributed by atoms with E-state index in [1.165, 1.54) is 18.2 Å². The molecule has 0 atom stereocenters. The molecule has 0 saturated carbocycles. The minimum absolute atomic E-state index is 0.144. The van der Waals surface area contributed by atoms with Crippen molar-refractivity contribution in [3.05, 3.63) is 60.7 Å². The Balaban J connectivity index is 2.20. The number of aromatic carboxylic acids is 1. The first-order chi connectivity index (χ1) is 9.88. The van der Waals surface area contributed by atoms with Gasteiger partial charge in [0.15, 0.2) is 0 Å². The quantitative estimate of drug-likeness (QED) is 0.635. The lowest BCUT2D eigenvalue weighted by atomic mass is 10.2. The first-order valence-electron chi connectivity index (χ1n) is 5.67. The molecule has 0 amide bonds. The molecule has 3 nitrogen and oxygen atoms in total. The molecule has 0 bridgehead atoms. The minimum Gasteiger partial charge on any atom is -0.487 e. The Morgan fingerprint density at radius 3 is 2.24 bits per heavy atom. The van der Waals surface area contributed by atoms with Gasteiger partial charge in [-0.25, -0.2) is 9.18 Å². The summed E-state index contributed by atoms with van der Waals surface area (Å²) in [5.41, 5.74) is 0.926. The first-order valence-corrected chi connectivity index (χ1v) is 8.05. The highest BCUT2D eigenvalue weighted by molar-refractivity contribution is 9.11. The van der Waals surface area contributed by atoms with Crippen molar-refractivity contribution in [3.8, 4) is 5.75 Å². The molecular weight excluding hydrogens is 475 g/mol. The van der Waals surface area contributed by atoms with Gasteiger partial charge in [0.1, 0.15) is 18.2 Å². The van der Waals surface area contributed by atoms with Gasteiger partial charge in [0.05, 0.1) is 19.0 Å². The van der Waals surface area contributed by atoms with Crippen molar-refractivity contribution < 1.29 is 19.0 Å². The third kappa shape index (κ3) is 4.05. The highest BCUT2D eigenvalue weighted by Crippen LogP contribution is 2.35. The van der Waals surface area contributed by atoms with E-state index in [0.29, 0.717) is 19.2 Å². The van der Waals surface area contributed by atoms with Crippen molar-refractivity contribution in [3.63, 3.8) is 0 Å². The molecule has 0 saturated heterocycles. The van der Waals surface area contributed by atoms with E-state index in [0.717, 1.165) is 5.56 Å². The molecule has 0 spiro atoms. The Morgan fingerprint density at radius 2 is 1.71 bits per heavy atom. The number of carboxylic acids is 1. The monoisotopic (exact) mass is 480 g/mol. The van der Waals surface area contributed by atoms with Gasteiger partial charge in [-0.3, -0.25) is 0 Å². The number of carbonyl (C=O) groups is 1. The van der Waals surface area contributed by atoms with Gasteiger partial charge in [-0.05, 0) is 77.6 Å². The topological polar surface area (TPSA) is 46.5 Å². The molecule has 0 unspecified atom stereocenters. The zero-order chi connectivity index (χ0) is 15.6. The van der Waals surface area contributed by atoms with Crippen LogP contribution in [-0.4, -0.2) is 11.1 Å². The van der Waals surface area contributed by atoms with Crippen LogP contribution in [0.15, 0.2) is 43.7 Å². The summed E-state index contributed by atoms with van der Waals surface area (Å²) < 4.78 is 20.2. The Kier molecular flexibility index (Phi) is 5.40. The summed E-state index contributed by atoms with van der Waals surface area (Å²) in [6.45, 7) is 0.225. The van der Waals surface area contributed by atoms with Crippen LogP contribution in [0.3, 0.4) is 0 Å². The van der Waals surface area contributed by atoms with Crippen LogP contribution in [-0.2, 0) is 6.61 Å². The van der Waals surface area contributed by atoms with Gasteiger partial charge in [-0.1, -0.05) is 6.07 Å². The second-order valence-corrected chi connectivity index (χ2v) is 6.67. The van der Waals surface area contributed by atoms with Crippen molar-refractivity contribution in [1.29, 1.82) is 0 Å². The summed E-state index contributed by atoms with van der Waals surface area (Å²) in [6, 6.07) is 7.52. The summed E-state index contributed by atoms with van der Waals surface area (Å²) in [5.74, 6) is -0.877. The fourth-order valence-corrected chi connectivity index (χ4v) is 3.45. The summed E-state index contributed by atoms with van der Waals surface area (Å²) in [6.07, 6.45) is 0. The number of hydrogen-bond donors (Lipinski definition) is 1. The Bertz CT molecular complexity index is 681. The van der Waals surface area contributed by atoms with Crippen LogP contribution < -0.4 is 4.74 Å². The standard InChI is InChI=1S/C14H8Br3FO3/c15-9-3-7(1-2-12(9)18)6-21-13-10(16)4-8(14(19)20)5-11(13)17/h1-5H,6H2,(H,19,20). The smallest absolute Gasteiger partial charge is 0.335 e. The zero-order valence-corrected chi connectivity index (χ0v) is 15.1. The van der Waals surface area contributed by atoms with Crippen LogP contribution in [0.1, 0.15) is 15.9 Å². The molecule has 7 heteroatoms. The molecule has 2 aromatic carbocycles. The van der Waals surface area contributed by atoms with Crippen molar-refractivity contribution in [2.45, 2.75) is 6.61 Å². The van der Waals surface area contributed by atoms with Gasteiger partial charge in [-0.15, -0.1) is 0 Å². The van der Waals surface area contributed by atoms with Gasteiger partial charge in [0.25, 0.3) is 0 Å². The summed E-state index contributed by atoms with van der Waals surface area (Å²) in [5, 5.41) is 8.97. The van der Waals surface area contributed by atoms with E-state index >= 15 is 0 Å². The molecule has 110 valence electrons. The van der Waals surface area contributed by atoms with E-state index < -0.39 is 5.97 Å². The molecular formula is C14H8Br3FO3. The van der Waals surface area contributed by atoms with E-state index in [2.05, 4.69) is 47.8 Å². The fourth-order valence-electron chi connectivity index (χ4n) is 1.61. The summed E-state index contributed by atoms with van der Waals surface area (Å²) in [7, 11) is 0.